The Bertz CT molecular complexity index is 437. The second-order valence-electron chi connectivity index (χ2n) is 3.92. The number of nitrogens with one attached hydrogen (secondary N) is 1. The van der Waals surface area contributed by atoms with E-state index < -0.39 is 0 Å². The van der Waals surface area contributed by atoms with Crippen LogP contribution in [0.4, 0.5) is 0 Å². The third-order valence-electron chi connectivity index (χ3n) is 2.62. The van der Waals surface area contributed by atoms with Crippen LogP contribution in [0.3, 0.4) is 0 Å². The van der Waals surface area contributed by atoms with Gasteiger partial charge in [0.15, 0.2) is 0 Å². The molecule has 3 nitrogen and oxygen atoms in total. The molecule has 1 N–H and O–H groups in total. The first-order valence-electron chi connectivity index (χ1n) is 5.67. The molecule has 0 saturated carbocycles. The molecule has 0 fully saturated rings. The van der Waals surface area contributed by atoms with Crippen LogP contribution in [0.15, 0.2) is 23.8 Å². The Labute approximate surface area is 110 Å². The molecule has 0 radical (unpaired) electrons. The van der Waals surface area contributed by atoms with Crippen LogP contribution >= 0.6 is 22.9 Å². The number of hydrogen-bond donors (Lipinski definition) is 1. The highest BCUT2D eigenvalue weighted by atomic mass is 35.5. The molecule has 0 bridgehead atoms. The van der Waals surface area contributed by atoms with Crippen molar-refractivity contribution in [1.82, 2.24) is 14.9 Å². The summed E-state index contributed by atoms with van der Waals surface area (Å²) in [6.07, 6.45) is 4.86. The molecular formula is C12H16ClN3S. The number of hydrogen-bond acceptors (Lipinski definition) is 3. The molecule has 0 aliphatic rings. The van der Waals surface area contributed by atoms with E-state index in [0.717, 1.165) is 28.7 Å². The minimum atomic E-state index is 0.0856. The van der Waals surface area contributed by atoms with Crippen molar-refractivity contribution in [3.8, 4) is 0 Å². The molecule has 0 spiro atoms. The molecule has 2 heterocycles. The molecule has 2 aromatic heterocycles. The number of nitrogens with zero attached hydrogens (tertiary/aromatic N) is 2. The molecule has 5 heteroatoms. The molecule has 0 aromatic carbocycles. The molecule has 17 heavy (non-hydrogen) atoms. The van der Waals surface area contributed by atoms with Gasteiger partial charge in [0.1, 0.15) is 11.9 Å². The van der Waals surface area contributed by atoms with Crippen molar-refractivity contribution in [3.05, 3.63) is 39.6 Å². The predicted octanol–water partition coefficient (Wildman–Crippen LogP) is 3.22. The van der Waals surface area contributed by atoms with E-state index in [1.165, 1.54) is 0 Å². The zero-order valence-electron chi connectivity index (χ0n) is 9.98. The van der Waals surface area contributed by atoms with Gasteiger partial charge >= 0.3 is 0 Å². The Kier molecular flexibility index (Phi) is 4.20. The average molecular weight is 270 g/mol. The third-order valence-corrected chi connectivity index (χ3v) is 4.05. The van der Waals surface area contributed by atoms with E-state index in [1.54, 1.807) is 11.3 Å². The van der Waals surface area contributed by atoms with Crippen molar-refractivity contribution < 1.29 is 0 Å². The standard InChI is InChI=1S/C12H16ClN3S/c1-3-5-14-10(11-9(13)4-8-17-11)12-15-6-7-16(12)2/h4,6-8,10,14H,3,5H2,1-2H3. The fraction of sp³-hybridized carbons (Fsp3) is 0.417. The van der Waals surface area contributed by atoms with Crippen molar-refractivity contribution >= 4 is 22.9 Å². The number of aryl methyl sites for hydroxylation is 1. The van der Waals surface area contributed by atoms with Gasteiger partial charge in [0.2, 0.25) is 0 Å². The summed E-state index contributed by atoms with van der Waals surface area (Å²) >= 11 is 7.88. The molecule has 2 aromatic rings. The lowest BCUT2D eigenvalue weighted by atomic mass is 10.2. The summed E-state index contributed by atoms with van der Waals surface area (Å²) in [7, 11) is 2.00. The molecule has 92 valence electrons. The first-order valence-corrected chi connectivity index (χ1v) is 6.93. The van der Waals surface area contributed by atoms with Crippen LogP contribution in [0.2, 0.25) is 5.02 Å². The Balaban J connectivity index is 2.32. The maximum atomic E-state index is 6.22. The largest absolute Gasteiger partial charge is 0.336 e. The van der Waals surface area contributed by atoms with E-state index in [0.29, 0.717) is 0 Å². The maximum absolute atomic E-state index is 6.22. The van der Waals surface area contributed by atoms with Gasteiger partial charge in [-0.2, -0.15) is 0 Å². The lowest BCUT2D eigenvalue weighted by molar-refractivity contribution is 0.562. The highest BCUT2D eigenvalue weighted by molar-refractivity contribution is 7.10. The van der Waals surface area contributed by atoms with Crippen LogP contribution in [-0.4, -0.2) is 16.1 Å². The monoisotopic (exact) mass is 269 g/mol. The summed E-state index contributed by atoms with van der Waals surface area (Å²) < 4.78 is 2.03. The zero-order valence-corrected chi connectivity index (χ0v) is 11.6. The molecule has 0 aliphatic carbocycles. The highest BCUT2D eigenvalue weighted by Crippen LogP contribution is 2.31. The fourth-order valence-corrected chi connectivity index (χ4v) is 2.99. The molecule has 2 rings (SSSR count). The Morgan fingerprint density at radius 2 is 2.41 bits per heavy atom. The second-order valence-corrected chi connectivity index (χ2v) is 5.27. The first kappa shape index (κ1) is 12.6. The van der Waals surface area contributed by atoms with Crippen molar-refractivity contribution in [1.29, 1.82) is 0 Å². The van der Waals surface area contributed by atoms with Crippen molar-refractivity contribution in [2.75, 3.05) is 6.54 Å². The van der Waals surface area contributed by atoms with Gasteiger partial charge in [0.05, 0.1) is 5.02 Å². The van der Waals surface area contributed by atoms with Crippen LogP contribution in [0.1, 0.15) is 30.1 Å². The fourth-order valence-electron chi connectivity index (χ4n) is 1.76. The molecule has 0 amide bonds. The summed E-state index contributed by atoms with van der Waals surface area (Å²) in [6, 6.07) is 2.02. The Morgan fingerprint density at radius 1 is 1.59 bits per heavy atom. The van der Waals surface area contributed by atoms with E-state index in [1.807, 2.05) is 35.5 Å². The number of thiophene rings is 1. The summed E-state index contributed by atoms with van der Waals surface area (Å²) in [5.74, 6) is 1.00. The van der Waals surface area contributed by atoms with Gasteiger partial charge in [0, 0.05) is 24.3 Å². The molecule has 1 atom stereocenters. The second kappa shape index (κ2) is 5.67. The molecule has 0 saturated heterocycles. The first-order chi connectivity index (χ1) is 8.24. The smallest absolute Gasteiger partial charge is 0.131 e. The van der Waals surface area contributed by atoms with Crippen molar-refractivity contribution in [3.63, 3.8) is 0 Å². The molecular weight excluding hydrogens is 254 g/mol. The average Bonchev–Trinajstić information content (AvgIpc) is 2.90. The van der Waals surface area contributed by atoms with E-state index >= 15 is 0 Å². The Morgan fingerprint density at radius 3 is 2.94 bits per heavy atom. The summed E-state index contributed by atoms with van der Waals surface area (Å²) in [5.41, 5.74) is 0. The highest BCUT2D eigenvalue weighted by Gasteiger charge is 2.21. The van der Waals surface area contributed by atoms with E-state index in [-0.39, 0.29) is 6.04 Å². The minimum absolute atomic E-state index is 0.0856. The van der Waals surface area contributed by atoms with Crippen LogP contribution in [-0.2, 0) is 7.05 Å². The number of halogens is 1. The van der Waals surface area contributed by atoms with Gasteiger partial charge < -0.3 is 9.88 Å². The topological polar surface area (TPSA) is 29.9 Å². The number of aromatic nitrogens is 2. The van der Waals surface area contributed by atoms with Crippen LogP contribution < -0.4 is 5.32 Å². The maximum Gasteiger partial charge on any atom is 0.131 e. The van der Waals surface area contributed by atoms with Gasteiger partial charge in [-0.3, -0.25) is 0 Å². The van der Waals surface area contributed by atoms with Crippen LogP contribution in [0, 0.1) is 0 Å². The number of imidazole rings is 1. The SMILES string of the molecule is CCCNC(c1sccc1Cl)c1nccn1C. The van der Waals surface area contributed by atoms with Gasteiger partial charge in [-0.1, -0.05) is 18.5 Å². The van der Waals surface area contributed by atoms with Gasteiger partial charge in [0.25, 0.3) is 0 Å². The predicted molar refractivity (Wildman–Crippen MR) is 72.7 cm³/mol. The van der Waals surface area contributed by atoms with Gasteiger partial charge in [-0.05, 0) is 24.4 Å². The van der Waals surface area contributed by atoms with E-state index in [2.05, 4.69) is 17.2 Å². The lowest BCUT2D eigenvalue weighted by Gasteiger charge is -2.17. The minimum Gasteiger partial charge on any atom is -0.336 e. The van der Waals surface area contributed by atoms with Crippen molar-refractivity contribution in [2.24, 2.45) is 7.05 Å². The van der Waals surface area contributed by atoms with E-state index in [9.17, 15) is 0 Å². The molecule has 1 unspecified atom stereocenters. The number of rotatable bonds is 5. The summed E-state index contributed by atoms with van der Waals surface area (Å²) in [4.78, 5) is 5.55. The summed E-state index contributed by atoms with van der Waals surface area (Å²) in [6.45, 7) is 3.10. The van der Waals surface area contributed by atoms with Crippen LogP contribution in [0.25, 0.3) is 0 Å². The zero-order chi connectivity index (χ0) is 12.3. The van der Waals surface area contributed by atoms with Crippen molar-refractivity contribution in [2.45, 2.75) is 19.4 Å². The van der Waals surface area contributed by atoms with Gasteiger partial charge in [-0.15, -0.1) is 11.3 Å². The summed E-state index contributed by atoms with van der Waals surface area (Å²) in [5, 5.41) is 6.33. The third kappa shape index (κ3) is 2.70. The Hall–Kier alpha value is -0.840. The lowest BCUT2D eigenvalue weighted by Crippen LogP contribution is -2.25. The van der Waals surface area contributed by atoms with Gasteiger partial charge in [-0.25, -0.2) is 4.98 Å². The quantitative estimate of drug-likeness (QED) is 0.903. The van der Waals surface area contributed by atoms with Crippen LogP contribution in [0.5, 0.6) is 0 Å². The molecule has 0 aliphatic heterocycles. The van der Waals surface area contributed by atoms with E-state index in [4.69, 9.17) is 11.6 Å². The normalized spacial score (nSPS) is 12.9.